The van der Waals surface area contributed by atoms with Gasteiger partial charge in [-0.15, -0.1) is 0 Å². The van der Waals surface area contributed by atoms with Crippen LogP contribution in [0.4, 0.5) is 11.6 Å². The van der Waals surface area contributed by atoms with Gasteiger partial charge in [0.2, 0.25) is 5.88 Å². The highest BCUT2D eigenvalue weighted by molar-refractivity contribution is 5.40. The van der Waals surface area contributed by atoms with Crippen LogP contribution in [0, 0.1) is 0 Å². The Morgan fingerprint density at radius 2 is 2.04 bits per heavy atom. The van der Waals surface area contributed by atoms with Crippen LogP contribution in [0.3, 0.4) is 0 Å². The van der Waals surface area contributed by atoms with Crippen LogP contribution in [-0.4, -0.2) is 45.8 Å². The number of rotatable bonds is 4. The number of hydrogen-bond acceptors (Lipinski definition) is 7. The lowest BCUT2D eigenvalue weighted by Gasteiger charge is -2.32. The fraction of sp³-hybridized carbons (Fsp3) is 0.467. The number of methoxy groups -OCH3 is 1. The van der Waals surface area contributed by atoms with Crippen LogP contribution in [0.2, 0.25) is 0 Å². The molecule has 0 aliphatic carbocycles. The first-order chi connectivity index (χ1) is 11.2. The fourth-order valence-electron chi connectivity index (χ4n) is 2.68. The molecule has 0 aromatic carbocycles. The number of piperidine rings is 1. The van der Waals surface area contributed by atoms with Gasteiger partial charge in [0.15, 0.2) is 5.82 Å². The Balaban J connectivity index is 1.62. The minimum atomic E-state index is -0.0561. The zero-order valence-corrected chi connectivity index (χ0v) is 13.3. The summed E-state index contributed by atoms with van der Waals surface area (Å²) < 4.78 is 6.65. The Morgan fingerprint density at radius 3 is 2.78 bits per heavy atom. The minimum Gasteiger partial charge on any atom is -0.481 e. The van der Waals surface area contributed by atoms with Gasteiger partial charge in [-0.1, -0.05) is 0 Å². The molecule has 3 heterocycles. The normalized spacial score (nSPS) is 15.5. The summed E-state index contributed by atoms with van der Waals surface area (Å²) in [6.07, 6.45) is 6.63. The number of aryl methyl sites for hydroxylation is 1. The Bertz CT molecular complexity index is 724. The molecule has 3 rings (SSSR count). The molecular formula is C15H20N6O2. The third-order valence-corrected chi connectivity index (χ3v) is 4.00. The molecule has 0 atom stereocenters. The first-order valence-electron chi connectivity index (χ1n) is 7.56. The van der Waals surface area contributed by atoms with Gasteiger partial charge in [-0.3, -0.25) is 4.79 Å². The van der Waals surface area contributed by atoms with Crippen molar-refractivity contribution >= 4 is 11.6 Å². The van der Waals surface area contributed by atoms with E-state index in [-0.39, 0.29) is 5.56 Å². The number of hydrogen-bond donors (Lipinski definition) is 1. The number of nitrogens with one attached hydrogen (secondary N) is 1. The Hall–Kier alpha value is -2.64. The first kappa shape index (κ1) is 15.3. The van der Waals surface area contributed by atoms with Crippen LogP contribution in [0.15, 0.2) is 29.6 Å². The van der Waals surface area contributed by atoms with Gasteiger partial charge in [0.1, 0.15) is 12.1 Å². The molecule has 1 N–H and O–H groups in total. The Kier molecular flexibility index (Phi) is 4.40. The van der Waals surface area contributed by atoms with Crippen LogP contribution >= 0.6 is 0 Å². The van der Waals surface area contributed by atoms with E-state index in [0.29, 0.717) is 17.7 Å². The van der Waals surface area contributed by atoms with Crippen LogP contribution in [0.1, 0.15) is 12.8 Å². The lowest BCUT2D eigenvalue weighted by atomic mass is 10.1. The maximum atomic E-state index is 12.1. The van der Waals surface area contributed by atoms with Crippen LogP contribution < -0.4 is 20.5 Å². The zero-order chi connectivity index (χ0) is 16.2. The van der Waals surface area contributed by atoms with Crippen molar-refractivity contribution < 1.29 is 4.74 Å². The number of aromatic nitrogens is 4. The van der Waals surface area contributed by atoms with E-state index >= 15 is 0 Å². The summed E-state index contributed by atoms with van der Waals surface area (Å²) in [5, 5.41) is 3.39. The molecule has 0 saturated carbocycles. The summed E-state index contributed by atoms with van der Waals surface area (Å²) in [4.78, 5) is 26.6. The molecule has 1 saturated heterocycles. The molecular weight excluding hydrogens is 296 g/mol. The van der Waals surface area contributed by atoms with Crippen molar-refractivity contribution in [3.63, 3.8) is 0 Å². The standard InChI is InChI=1S/C15H20N6O2/c1-20-8-5-16-14(15(20)22)21-6-3-11(4-7-21)19-12-9-13(23-2)18-10-17-12/h5,8-11H,3-4,6-7H2,1-2H3,(H,17,18,19). The highest BCUT2D eigenvalue weighted by atomic mass is 16.5. The molecule has 1 fully saturated rings. The molecule has 23 heavy (non-hydrogen) atoms. The average molecular weight is 316 g/mol. The van der Waals surface area contributed by atoms with E-state index in [1.807, 2.05) is 4.90 Å². The van der Waals surface area contributed by atoms with Crippen LogP contribution in [0.5, 0.6) is 5.88 Å². The first-order valence-corrected chi connectivity index (χ1v) is 7.56. The van der Waals surface area contributed by atoms with E-state index in [1.165, 1.54) is 6.33 Å². The predicted molar refractivity (Wildman–Crippen MR) is 86.9 cm³/mol. The number of anilines is 2. The van der Waals surface area contributed by atoms with Crippen molar-refractivity contribution in [1.82, 2.24) is 19.5 Å². The SMILES string of the molecule is COc1cc(NC2CCN(c3nccn(C)c3=O)CC2)ncn1. The smallest absolute Gasteiger partial charge is 0.293 e. The van der Waals surface area contributed by atoms with Crippen LogP contribution in [0.25, 0.3) is 0 Å². The van der Waals surface area contributed by atoms with Crippen molar-refractivity contribution in [1.29, 1.82) is 0 Å². The molecule has 2 aromatic heterocycles. The van der Waals surface area contributed by atoms with E-state index in [1.54, 1.807) is 37.2 Å². The van der Waals surface area contributed by atoms with Gasteiger partial charge in [-0.25, -0.2) is 15.0 Å². The molecule has 2 aromatic rings. The van der Waals surface area contributed by atoms with E-state index in [2.05, 4.69) is 20.3 Å². The highest BCUT2D eigenvalue weighted by Gasteiger charge is 2.22. The maximum absolute atomic E-state index is 12.1. The predicted octanol–water partition coefficient (Wildman–Crippen LogP) is 0.660. The molecule has 8 nitrogen and oxygen atoms in total. The fourth-order valence-corrected chi connectivity index (χ4v) is 2.68. The number of nitrogens with zero attached hydrogens (tertiary/aromatic N) is 5. The molecule has 8 heteroatoms. The van der Waals surface area contributed by atoms with Crippen molar-refractivity contribution in [3.8, 4) is 5.88 Å². The molecule has 0 radical (unpaired) electrons. The van der Waals surface area contributed by atoms with Crippen molar-refractivity contribution in [2.24, 2.45) is 7.05 Å². The lowest BCUT2D eigenvalue weighted by molar-refractivity contribution is 0.397. The lowest BCUT2D eigenvalue weighted by Crippen LogP contribution is -2.42. The van der Waals surface area contributed by atoms with Crippen molar-refractivity contribution in [3.05, 3.63) is 35.1 Å². The van der Waals surface area contributed by atoms with Gasteiger partial charge in [0, 0.05) is 44.6 Å². The van der Waals surface area contributed by atoms with Gasteiger partial charge < -0.3 is 19.5 Å². The second kappa shape index (κ2) is 6.64. The highest BCUT2D eigenvalue weighted by Crippen LogP contribution is 2.19. The molecule has 1 aliphatic rings. The second-order valence-electron chi connectivity index (χ2n) is 5.52. The van der Waals surface area contributed by atoms with E-state index < -0.39 is 0 Å². The van der Waals surface area contributed by atoms with Gasteiger partial charge in [0.05, 0.1) is 7.11 Å². The third kappa shape index (κ3) is 3.41. The average Bonchev–Trinajstić information content (AvgIpc) is 2.58. The maximum Gasteiger partial charge on any atom is 0.293 e. The van der Waals surface area contributed by atoms with Crippen molar-refractivity contribution in [2.45, 2.75) is 18.9 Å². The van der Waals surface area contributed by atoms with Crippen molar-refractivity contribution in [2.75, 3.05) is 30.4 Å². The molecule has 0 spiro atoms. The molecule has 0 unspecified atom stereocenters. The van der Waals surface area contributed by atoms with Gasteiger partial charge in [-0.2, -0.15) is 0 Å². The second-order valence-corrected chi connectivity index (χ2v) is 5.52. The summed E-state index contributed by atoms with van der Waals surface area (Å²) >= 11 is 0. The molecule has 0 amide bonds. The van der Waals surface area contributed by atoms with Gasteiger partial charge in [0.25, 0.3) is 5.56 Å². The van der Waals surface area contributed by atoms with E-state index in [0.717, 1.165) is 31.7 Å². The quantitative estimate of drug-likeness (QED) is 0.887. The van der Waals surface area contributed by atoms with E-state index in [4.69, 9.17) is 4.74 Å². The Morgan fingerprint density at radius 1 is 1.26 bits per heavy atom. The van der Waals surface area contributed by atoms with Gasteiger partial charge in [-0.05, 0) is 12.8 Å². The Labute approximate surface area is 134 Å². The summed E-state index contributed by atoms with van der Waals surface area (Å²) in [6.45, 7) is 1.57. The minimum absolute atomic E-state index is 0.0561. The monoisotopic (exact) mass is 316 g/mol. The number of ether oxygens (including phenoxy) is 1. The van der Waals surface area contributed by atoms with E-state index in [9.17, 15) is 4.79 Å². The van der Waals surface area contributed by atoms with Crippen LogP contribution in [-0.2, 0) is 7.05 Å². The third-order valence-electron chi connectivity index (χ3n) is 4.00. The molecule has 0 bridgehead atoms. The largest absolute Gasteiger partial charge is 0.481 e. The summed E-state index contributed by atoms with van der Waals surface area (Å²) in [5.74, 6) is 1.82. The summed E-state index contributed by atoms with van der Waals surface area (Å²) in [7, 11) is 3.32. The zero-order valence-electron chi connectivity index (χ0n) is 13.3. The van der Waals surface area contributed by atoms with Gasteiger partial charge >= 0.3 is 0 Å². The molecule has 1 aliphatic heterocycles. The topological polar surface area (TPSA) is 85.2 Å². The summed E-state index contributed by atoms with van der Waals surface area (Å²) in [6, 6.07) is 2.08. The summed E-state index contributed by atoms with van der Waals surface area (Å²) in [5.41, 5.74) is -0.0561. The molecule has 122 valence electrons.